The second-order valence-electron chi connectivity index (χ2n) is 6.39. The van der Waals surface area contributed by atoms with Crippen LogP contribution in [0.1, 0.15) is 28.2 Å². The second-order valence-corrected chi connectivity index (χ2v) is 7.77. The molecule has 0 bridgehead atoms. The first-order valence-corrected chi connectivity index (χ1v) is 9.88. The molecule has 0 radical (unpaired) electrons. The third-order valence-electron chi connectivity index (χ3n) is 4.48. The number of benzene rings is 1. The standard InChI is InChI=1S/C19H22ClN3O2S/c1-14(15-4-2-5-16(20)12-15)21-18(24)13-22-7-9-23(10-8-22)19(25)17-6-3-11-26-17/h2-6,11-12,14H,7-10,13H2,1H3,(H,21,24). The number of halogens is 1. The molecule has 3 rings (SSSR count). The highest BCUT2D eigenvalue weighted by Gasteiger charge is 2.24. The summed E-state index contributed by atoms with van der Waals surface area (Å²) in [5.41, 5.74) is 0.984. The fourth-order valence-electron chi connectivity index (χ4n) is 3.01. The first-order valence-electron chi connectivity index (χ1n) is 8.63. The lowest BCUT2D eigenvalue weighted by molar-refractivity contribution is -0.123. The maximum Gasteiger partial charge on any atom is 0.264 e. The molecular weight excluding hydrogens is 370 g/mol. The van der Waals surface area contributed by atoms with Crippen molar-refractivity contribution in [3.8, 4) is 0 Å². The number of hydrogen-bond donors (Lipinski definition) is 1. The van der Waals surface area contributed by atoms with E-state index in [1.54, 1.807) is 0 Å². The average molecular weight is 392 g/mol. The molecule has 1 aliphatic heterocycles. The molecule has 1 aliphatic rings. The Hall–Kier alpha value is -1.89. The minimum Gasteiger partial charge on any atom is -0.348 e. The summed E-state index contributed by atoms with van der Waals surface area (Å²) in [6.07, 6.45) is 0. The second kappa shape index (κ2) is 8.66. The molecule has 0 spiro atoms. The van der Waals surface area contributed by atoms with Gasteiger partial charge in [-0.15, -0.1) is 11.3 Å². The molecule has 1 atom stereocenters. The highest BCUT2D eigenvalue weighted by atomic mass is 35.5. The van der Waals surface area contributed by atoms with Crippen LogP contribution in [-0.4, -0.2) is 54.3 Å². The van der Waals surface area contributed by atoms with Gasteiger partial charge in [0.15, 0.2) is 0 Å². The number of nitrogens with zero attached hydrogens (tertiary/aromatic N) is 2. The highest BCUT2D eigenvalue weighted by molar-refractivity contribution is 7.12. The van der Waals surface area contributed by atoms with E-state index in [9.17, 15) is 9.59 Å². The normalized spacial score (nSPS) is 16.3. The lowest BCUT2D eigenvalue weighted by atomic mass is 10.1. The quantitative estimate of drug-likeness (QED) is 0.852. The van der Waals surface area contributed by atoms with Crippen LogP contribution in [0.5, 0.6) is 0 Å². The molecule has 0 saturated carbocycles. The van der Waals surface area contributed by atoms with Gasteiger partial charge in [-0.05, 0) is 36.1 Å². The van der Waals surface area contributed by atoms with Crippen molar-refractivity contribution in [2.75, 3.05) is 32.7 Å². The molecule has 5 nitrogen and oxygen atoms in total. The van der Waals surface area contributed by atoms with Crippen LogP contribution in [0.4, 0.5) is 0 Å². The number of carbonyl (C=O) groups is 2. The topological polar surface area (TPSA) is 52.7 Å². The molecule has 2 amide bonds. The third kappa shape index (κ3) is 4.84. The lowest BCUT2D eigenvalue weighted by Gasteiger charge is -2.34. The van der Waals surface area contributed by atoms with Gasteiger partial charge in [-0.2, -0.15) is 0 Å². The molecule has 1 unspecified atom stereocenters. The van der Waals surface area contributed by atoms with E-state index in [1.165, 1.54) is 11.3 Å². The molecule has 2 heterocycles. The molecule has 1 fully saturated rings. The summed E-state index contributed by atoms with van der Waals surface area (Å²) in [6, 6.07) is 11.2. The van der Waals surface area contributed by atoms with Crippen molar-refractivity contribution in [3.63, 3.8) is 0 Å². The van der Waals surface area contributed by atoms with Gasteiger partial charge in [-0.3, -0.25) is 14.5 Å². The molecule has 1 aromatic heterocycles. The van der Waals surface area contributed by atoms with E-state index in [4.69, 9.17) is 11.6 Å². The summed E-state index contributed by atoms with van der Waals surface area (Å²) in [6.45, 7) is 4.99. The van der Waals surface area contributed by atoms with Crippen molar-refractivity contribution in [2.45, 2.75) is 13.0 Å². The number of thiophene rings is 1. The Morgan fingerprint density at radius 2 is 1.96 bits per heavy atom. The SMILES string of the molecule is CC(NC(=O)CN1CCN(C(=O)c2cccs2)CC1)c1cccc(Cl)c1. The number of hydrogen-bond acceptors (Lipinski definition) is 4. The number of carbonyl (C=O) groups excluding carboxylic acids is 2. The Labute approximate surface area is 162 Å². The molecule has 7 heteroatoms. The summed E-state index contributed by atoms with van der Waals surface area (Å²) in [5.74, 6) is 0.0641. The van der Waals surface area contributed by atoms with Crippen LogP contribution >= 0.6 is 22.9 Å². The number of rotatable bonds is 5. The summed E-state index contributed by atoms with van der Waals surface area (Å²) < 4.78 is 0. The van der Waals surface area contributed by atoms with Crippen molar-refractivity contribution >= 4 is 34.8 Å². The molecular formula is C19H22ClN3O2S. The van der Waals surface area contributed by atoms with Crippen molar-refractivity contribution in [1.29, 1.82) is 0 Å². The predicted molar refractivity (Wildman–Crippen MR) is 105 cm³/mol. The van der Waals surface area contributed by atoms with E-state index in [0.717, 1.165) is 10.4 Å². The number of amides is 2. The molecule has 1 saturated heterocycles. The molecule has 1 aromatic carbocycles. The molecule has 0 aliphatic carbocycles. The summed E-state index contributed by atoms with van der Waals surface area (Å²) in [5, 5.41) is 5.58. The number of nitrogens with one attached hydrogen (secondary N) is 1. The fourth-order valence-corrected chi connectivity index (χ4v) is 3.90. The van der Waals surface area contributed by atoms with E-state index in [-0.39, 0.29) is 17.9 Å². The average Bonchev–Trinajstić information content (AvgIpc) is 3.16. The zero-order chi connectivity index (χ0) is 18.5. The first kappa shape index (κ1) is 18.9. The van der Waals surface area contributed by atoms with Gasteiger partial charge in [0.1, 0.15) is 0 Å². The summed E-state index contributed by atoms with van der Waals surface area (Å²) in [7, 11) is 0. The van der Waals surface area contributed by atoms with Crippen LogP contribution in [0.2, 0.25) is 5.02 Å². The van der Waals surface area contributed by atoms with Crippen molar-refractivity contribution in [1.82, 2.24) is 15.1 Å². The minimum absolute atomic E-state index is 0.0180. The smallest absolute Gasteiger partial charge is 0.264 e. The van der Waals surface area contributed by atoms with Gasteiger partial charge in [0.2, 0.25) is 5.91 Å². The predicted octanol–water partition coefficient (Wildman–Crippen LogP) is 3.04. The molecule has 1 N–H and O–H groups in total. The van der Waals surface area contributed by atoms with Gasteiger partial charge in [0, 0.05) is 31.2 Å². The maximum atomic E-state index is 12.3. The lowest BCUT2D eigenvalue weighted by Crippen LogP contribution is -2.51. The van der Waals surface area contributed by atoms with Crippen LogP contribution in [0.3, 0.4) is 0 Å². The van der Waals surface area contributed by atoms with E-state index < -0.39 is 0 Å². The Morgan fingerprint density at radius 1 is 1.19 bits per heavy atom. The molecule has 138 valence electrons. The zero-order valence-corrected chi connectivity index (χ0v) is 16.2. The first-order chi connectivity index (χ1) is 12.5. The highest BCUT2D eigenvalue weighted by Crippen LogP contribution is 2.17. The zero-order valence-electron chi connectivity index (χ0n) is 14.7. The van der Waals surface area contributed by atoms with Gasteiger partial charge < -0.3 is 10.2 Å². The van der Waals surface area contributed by atoms with Gasteiger partial charge in [-0.25, -0.2) is 0 Å². The van der Waals surface area contributed by atoms with Crippen LogP contribution < -0.4 is 5.32 Å². The van der Waals surface area contributed by atoms with Gasteiger partial charge >= 0.3 is 0 Å². The fraction of sp³-hybridized carbons (Fsp3) is 0.368. The van der Waals surface area contributed by atoms with Crippen LogP contribution in [0.25, 0.3) is 0 Å². The van der Waals surface area contributed by atoms with Gasteiger partial charge in [0.05, 0.1) is 17.5 Å². The van der Waals surface area contributed by atoms with Crippen LogP contribution in [0.15, 0.2) is 41.8 Å². The Bertz CT molecular complexity index is 758. The minimum atomic E-state index is -0.0945. The van der Waals surface area contributed by atoms with Gasteiger partial charge in [0.25, 0.3) is 5.91 Å². The van der Waals surface area contributed by atoms with E-state index >= 15 is 0 Å². The Balaban J connectivity index is 1.45. The van der Waals surface area contributed by atoms with Crippen molar-refractivity contribution in [3.05, 3.63) is 57.2 Å². The largest absolute Gasteiger partial charge is 0.348 e. The van der Waals surface area contributed by atoms with Crippen molar-refractivity contribution in [2.24, 2.45) is 0 Å². The third-order valence-corrected chi connectivity index (χ3v) is 5.58. The maximum absolute atomic E-state index is 12.3. The summed E-state index contributed by atoms with van der Waals surface area (Å²) >= 11 is 7.47. The summed E-state index contributed by atoms with van der Waals surface area (Å²) in [4.78, 5) is 29.4. The Kier molecular flexibility index (Phi) is 6.29. The van der Waals surface area contributed by atoms with Crippen LogP contribution in [-0.2, 0) is 4.79 Å². The van der Waals surface area contributed by atoms with E-state index in [1.807, 2.05) is 53.6 Å². The van der Waals surface area contributed by atoms with Crippen molar-refractivity contribution < 1.29 is 9.59 Å². The van der Waals surface area contributed by atoms with Gasteiger partial charge in [-0.1, -0.05) is 29.8 Å². The molecule has 2 aromatic rings. The number of piperazine rings is 1. The Morgan fingerprint density at radius 3 is 2.62 bits per heavy atom. The monoisotopic (exact) mass is 391 g/mol. The van der Waals surface area contributed by atoms with E-state index in [2.05, 4.69) is 10.2 Å². The molecule has 26 heavy (non-hydrogen) atoms. The van der Waals surface area contributed by atoms with Crippen LogP contribution in [0, 0.1) is 0 Å². The van der Waals surface area contributed by atoms with E-state index in [0.29, 0.717) is 37.7 Å².